The molecule has 0 heterocycles. The van der Waals surface area contributed by atoms with Crippen LogP contribution in [0.2, 0.25) is 39.3 Å². The molecule has 0 radical (unpaired) electrons. The number of rotatable bonds is 5. The summed E-state index contributed by atoms with van der Waals surface area (Å²) < 4.78 is 1.70. The summed E-state index contributed by atoms with van der Waals surface area (Å²) in [5, 5.41) is 2.41. The molecule has 0 spiro atoms. The van der Waals surface area contributed by atoms with E-state index >= 15 is 0 Å². The van der Waals surface area contributed by atoms with Crippen molar-refractivity contribution in [3.8, 4) is 11.1 Å². The lowest BCUT2D eigenvalue weighted by Gasteiger charge is -2.23. The summed E-state index contributed by atoms with van der Waals surface area (Å²) in [6.45, 7) is 13.5. The largest absolute Gasteiger partial charge is 0.298 e. The van der Waals surface area contributed by atoms with Crippen molar-refractivity contribution in [1.29, 1.82) is 0 Å². The van der Waals surface area contributed by atoms with Crippen molar-refractivity contribution in [2.24, 2.45) is 0 Å². The predicted molar refractivity (Wildman–Crippen MR) is 124 cm³/mol. The summed E-state index contributed by atoms with van der Waals surface area (Å²) in [5.41, 5.74) is 2.78. The lowest BCUT2D eigenvalue weighted by atomic mass is 9.96. The lowest BCUT2D eigenvalue weighted by molar-refractivity contribution is 0.111. The van der Waals surface area contributed by atoms with Crippen molar-refractivity contribution in [3.63, 3.8) is 0 Å². The van der Waals surface area contributed by atoms with Crippen LogP contribution in [0.25, 0.3) is 11.1 Å². The number of hydrogen-bond donors (Lipinski definition) is 0. The molecule has 0 saturated heterocycles. The zero-order valence-electron chi connectivity index (χ0n) is 16.0. The molecule has 0 aromatic heterocycles. The average molecular weight is 512 g/mol. The Labute approximate surface area is 174 Å². The molecule has 2 rings (SSSR count). The van der Waals surface area contributed by atoms with Crippen molar-refractivity contribution < 1.29 is 9.59 Å². The minimum atomic E-state index is -1.57. The number of halogens is 2. The molecule has 0 fully saturated rings. The molecule has 0 aliphatic heterocycles. The standard InChI is InChI=1S/C20H24Br2O2Si2/c1-25(2,3)15-7-13(11-23)19(17(21)9-15)20-14(12-24)8-16(10-18(20)22)26(4,5)6/h7-12H,1-6H3. The third-order valence-electron chi connectivity index (χ3n) is 4.48. The highest BCUT2D eigenvalue weighted by atomic mass is 79.9. The Hall–Kier alpha value is -0.826. The quantitative estimate of drug-likeness (QED) is 0.387. The third kappa shape index (κ3) is 4.35. The van der Waals surface area contributed by atoms with Crippen molar-refractivity contribution in [3.05, 3.63) is 44.3 Å². The smallest absolute Gasteiger partial charge is 0.150 e. The highest BCUT2D eigenvalue weighted by molar-refractivity contribution is 9.11. The van der Waals surface area contributed by atoms with Gasteiger partial charge in [0.2, 0.25) is 0 Å². The van der Waals surface area contributed by atoms with Crippen molar-refractivity contribution >= 4 is 71.0 Å². The minimum absolute atomic E-state index is 0.612. The number of aldehydes is 2. The molecule has 0 bridgehead atoms. The van der Waals surface area contributed by atoms with Gasteiger partial charge < -0.3 is 0 Å². The lowest BCUT2D eigenvalue weighted by Crippen LogP contribution is -2.38. The molecule has 0 N–H and O–H groups in total. The van der Waals surface area contributed by atoms with Crippen LogP contribution in [0, 0.1) is 0 Å². The van der Waals surface area contributed by atoms with Crippen LogP contribution in [-0.2, 0) is 0 Å². The van der Waals surface area contributed by atoms with Gasteiger partial charge in [0.25, 0.3) is 0 Å². The fourth-order valence-corrected chi connectivity index (χ4v) is 6.94. The second-order valence-electron chi connectivity index (χ2n) is 8.58. The van der Waals surface area contributed by atoms with Crippen LogP contribution in [0.3, 0.4) is 0 Å². The Balaban J connectivity index is 2.84. The molecule has 0 unspecified atom stereocenters. The zero-order valence-corrected chi connectivity index (χ0v) is 21.2. The van der Waals surface area contributed by atoms with Crippen molar-refractivity contribution in [2.75, 3.05) is 0 Å². The molecule has 2 aromatic rings. The molecule has 0 saturated carbocycles. The maximum Gasteiger partial charge on any atom is 0.150 e. The Kier molecular flexibility index (Phi) is 6.32. The van der Waals surface area contributed by atoms with Gasteiger partial charge >= 0.3 is 0 Å². The van der Waals surface area contributed by atoms with Crippen molar-refractivity contribution in [1.82, 2.24) is 0 Å². The molecule has 6 heteroatoms. The maximum atomic E-state index is 11.9. The van der Waals surface area contributed by atoms with E-state index in [1.165, 1.54) is 10.4 Å². The van der Waals surface area contributed by atoms with Gasteiger partial charge in [-0.2, -0.15) is 0 Å². The van der Waals surface area contributed by atoms with E-state index in [0.29, 0.717) is 11.1 Å². The summed E-state index contributed by atoms with van der Waals surface area (Å²) >= 11 is 7.32. The fraction of sp³-hybridized carbons (Fsp3) is 0.300. The van der Waals surface area contributed by atoms with E-state index in [1.54, 1.807) is 0 Å². The average Bonchev–Trinajstić information content (AvgIpc) is 2.52. The highest BCUT2D eigenvalue weighted by Gasteiger charge is 2.25. The molecule has 0 aliphatic rings. The topological polar surface area (TPSA) is 34.1 Å². The van der Waals surface area contributed by atoms with Gasteiger partial charge in [0.05, 0.1) is 16.1 Å². The van der Waals surface area contributed by atoms with Gasteiger partial charge in [0.15, 0.2) is 12.6 Å². The summed E-state index contributed by atoms with van der Waals surface area (Å²) in [7, 11) is -3.14. The second kappa shape index (κ2) is 7.66. The van der Waals surface area contributed by atoms with Crippen LogP contribution in [0.15, 0.2) is 33.2 Å². The van der Waals surface area contributed by atoms with E-state index in [2.05, 4.69) is 83.3 Å². The molecular formula is C20H24Br2O2Si2. The van der Waals surface area contributed by atoms with Crippen LogP contribution in [0.5, 0.6) is 0 Å². The van der Waals surface area contributed by atoms with Gasteiger partial charge in [-0.05, 0) is 12.1 Å². The minimum Gasteiger partial charge on any atom is -0.298 e. The first-order chi connectivity index (χ1) is 11.9. The van der Waals surface area contributed by atoms with Crippen LogP contribution < -0.4 is 10.4 Å². The van der Waals surface area contributed by atoms with Crippen LogP contribution in [0.1, 0.15) is 20.7 Å². The van der Waals surface area contributed by atoms with Gasteiger partial charge in [0.1, 0.15) is 0 Å². The number of hydrogen-bond acceptors (Lipinski definition) is 2. The first kappa shape index (κ1) is 21.5. The molecule has 26 heavy (non-hydrogen) atoms. The van der Waals surface area contributed by atoms with Crippen LogP contribution in [-0.4, -0.2) is 28.7 Å². The summed E-state index contributed by atoms with van der Waals surface area (Å²) in [4.78, 5) is 23.7. The number of carbonyl (C=O) groups excluding carboxylic acids is 2. The van der Waals surface area contributed by atoms with E-state index in [1.807, 2.05) is 12.1 Å². The maximum absolute atomic E-state index is 11.9. The molecule has 0 aliphatic carbocycles. The van der Waals surface area contributed by atoms with E-state index in [-0.39, 0.29) is 0 Å². The summed E-state index contributed by atoms with van der Waals surface area (Å²) in [5.74, 6) is 0. The van der Waals surface area contributed by atoms with Crippen LogP contribution in [0.4, 0.5) is 0 Å². The summed E-state index contributed by atoms with van der Waals surface area (Å²) in [6.07, 6.45) is 1.77. The van der Waals surface area contributed by atoms with E-state index in [9.17, 15) is 9.59 Å². The Morgan fingerprint density at radius 2 is 0.962 bits per heavy atom. The third-order valence-corrected chi connectivity index (χ3v) is 9.77. The molecule has 2 aromatic carbocycles. The molecule has 2 nitrogen and oxygen atoms in total. The van der Waals surface area contributed by atoms with E-state index in [4.69, 9.17) is 0 Å². The van der Waals surface area contributed by atoms with Crippen LogP contribution >= 0.6 is 31.9 Å². The SMILES string of the molecule is C[Si](C)(C)c1cc(Br)c(-c2c(Br)cc([Si](C)(C)C)cc2C=O)c(C=O)c1. The number of benzene rings is 2. The van der Waals surface area contributed by atoms with Gasteiger partial charge in [-0.3, -0.25) is 9.59 Å². The Bertz CT molecular complexity index is 805. The molecule has 0 atom stereocenters. The van der Waals surface area contributed by atoms with Gasteiger partial charge in [-0.1, -0.05) is 93.6 Å². The van der Waals surface area contributed by atoms with Gasteiger partial charge in [-0.25, -0.2) is 0 Å². The van der Waals surface area contributed by atoms with Crippen molar-refractivity contribution in [2.45, 2.75) is 39.3 Å². The Morgan fingerprint density at radius 1 is 0.654 bits per heavy atom. The first-order valence-electron chi connectivity index (χ1n) is 8.49. The van der Waals surface area contributed by atoms with Gasteiger partial charge in [0, 0.05) is 31.2 Å². The van der Waals surface area contributed by atoms with E-state index in [0.717, 1.165) is 32.6 Å². The monoisotopic (exact) mass is 510 g/mol. The highest BCUT2D eigenvalue weighted by Crippen LogP contribution is 2.38. The predicted octanol–water partition coefficient (Wildman–Crippen LogP) is 5.59. The second-order valence-corrected chi connectivity index (χ2v) is 20.4. The molecule has 0 amide bonds. The number of carbonyl (C=O) groups is 2. The normalized spacial score (nSPS) is 12.2. The van der Waals surface area contributed by atoms with Gasteiger partial charge in [-0.15, -0.1) is 0 Å². The first-order valence-corrected chi connectivity index (χ1v) is 17.1. The zero-order chi connectivity index (χ0) is 19.9. The molecule has 138 valence electrons. The fourth-order valence-electron chi connectivity index (χ4n) is 2.84. The summed E-state index contributed by atoms with van der Waals surface area (Å²) in [6, 6.07) is 8.16. The molecular weight excluding hydrogens is 488 g/mol. The Morgan fingerprint density at radius 3 is 1.19 bits per heavy atom. The van der Waals surface area contributed by atoms with E-state index < -0.39 is 16.1 Å².